The third-order valence-electron chi connectivity index (χ3n) is 4.99. The summed E-state index contributed by atoms with van der Waals surface area (Å²) in [7, 11) is -6.77. The molecule has 3 aromatic rings. The molecule has 1 aliphatic heterocycles. The van der Waals surface area contributed by atoms with Gasteiger partial charge in [-0.05, 0) is 48.4 Å². The molecule has 0 saturated carbocycles. The molecule has 2 N–H and O–H groups in total. The summed E-state index contributed by atoms with van der Waals surface area (Å²) >= 11 is 5.86. The summed E-state index contributed by atoms with van der Waals surface area (Å²) in [5.74, 6) is -0.207. The minimum absolute atomic E-state index is 0.0736. The molecule has 0 radical (unpaired) electrons. The maximum Gasteiger partial charge on any atom is 0.234 e. The van der Waals surface area contributed by atoms with Gasteiger partial charge in [0.05, 0.1) is 33.8 Å². The fraction of sp³-hybridized carbons (Fsp3) is 0.300. The van der Waals surface area contributed by atoms with Gasteiger partial charge in [0, 0.05) is 22.9 Å². The van der Waals surface area contributed by atoms with E-state index in [4.69, 9.17) is 16.3 Å². The highest BCUT2D eigenvalue weighted by Gasteiger charge is 2.36. The van der Waals surface area contributed by atoms with Crippen LogP contribution in [-0.4, -0.2) is 50.2 Å². The van der Waals surface area contributed by atoms with Crippen LogP contribution >= 0.6 is 22.4 Å². The number of ether oxygens (including phenoxy) is 1. The van der Waals surface area contributed by atoms with Crippen LogP contribution in [-0.2, 0) is 18.9 Å². The van der Waals surface area contributed by atoms with Crippen molar-refractivity contribution < 1.29 is 26.0 Å². The van der Waals surface area contributed by atoms with E-state index in [-0.39, 0.29) is 29.5 Å². The van der Waals surface area contributed by atoms with E-state index in [9.17, 15) is 21.2 Å². The Hall–Kier alpha value is -2.35. The highest BCUT2D eigenvalue weighted by molar-refractivity contribution is 8.72. The summed E-state index contributed by atoms with van der Waals surface area (Å²) in [6.07, 6.45) is 1.59. The summed E-state index contributed by atoms with van der Waals surface area (Å²) in [5.41, 5.74) is 1.05. The van der Waals surface area contributed by atoms with Crippen molar-refractivity contribution >= 4 is 69.4 Å². The highest BCUT2D eigenvalue weighted by atomic mass is 35.5. The van der Waals surface area contributed by atoms with Gasteiger partial charge in [0.1, 0.15) is 23.7 Å². The first-order chi connectivity index (χ1) is 16.1. The molecule has 0 spiro atoms. The molecule has 4 rings (SSSR count). The van der Waals surface area contributed by atoms with Crippen LogP contribution in [0.2, 0.25) is 5.02 Å². The lowest BCUT2D eigenvalue weighted by Crippen LogP contribution is -2.28. The number of anilines is 3. The lowest BCUT2D eigenvalue weighted by atomic mass is 10.2. The predicted octanol–water partition coefficient (Wildman–Crippen LogP) is 4.14. The molecule has 34 heavy (non-hydrogen) atoms. The fourth-order valence-electron chi connectivity index (χ4n) is 3.41. The molecule has 0 amide bonds. The van der Waals surface area contributed by atoms with Gasteiger partial charge in [-0.3, -0.25) is 4.72 Å². The second-order valence-corrected chi connectivity index (χ2v) is 14.0. The Labute approximate surface area is 204 Å². The van der Waals surface area contributed by atoms with Crippen molar-refractivity contribution in [1.82, 2.24) is 9.97 Å². The van der Waals surface area contributed by atoms with Crippen molar-refractivity contribution in [3.63, 3.8) is 0 Å². The molecule has 2 heterocycles. The lowest BCUT2D eigenvalue weighted by Gasteiger charge is -2.16. The molecular formula is C20H20ClFN4O5S3. The molecule has 182 valence electrons. The van der Waals surface area contributed by atoms with Crippen LogP contribution in [0.1, 0.15) is 13.3 Å². The van der Waals surface area contributed by atoms with Crippen LogP contribution in [0.4, 0.5) is 21.6 Å². The van der Waals surface area contributed by atoms with Gasteiger partial charge in [-0.25, -0.2) is 31.2 Å². The van der Waals surface area contributed by atoms with Crippen LogP contribution in [0, 0.1) is 5.82 Å². The number of sulfonamides is 1. The van der Waals surface area contributed by atoms with E-state index in [1.807, 2.05) is 0 Å². The average Bonchev–Trinajstić information content (AvgIpc) is 3.08. The van der Waals surface area contributed by atoms with Crippen molar-refractivity contribution in [2.45, 2.75) is 18.6 Å². The first kappa shape index (κ1) is 24.8. The number of rotatable bonds is 8. The minimum atomic E-state index is -4.02. The van der Waals surface area contributed by atoms with Gasteiger partial charge in [-0.2, -0.15) is 0 Å². The molecule has 1 saturated heterocycles. The Bertz CT molecular complexity index is 1450. The molecule has 1 aliphatic rings. The zero-order valence-electron chi connectivity index (χ0n) is 17.8. The number of hydrogen-bond acceptors (Lipinski definition) is 9. The molecule has 2 aromatic carbocycles. The van der Waals surface area contributed by atoms with Crippen molar-refractivity contribution in [3.05, 3.63) is 47.5 Å². The predicted molar refractivity (Wildman–Crippen MR) is 133 cm³/mol. The van der Waals surface area contributed by atoms with Crippen LogP contribution in [0.5, 0.6) is 5.75 Å². The van der Waals surface area contributed by atoms with E-state index < -0.39 is 35.7 Å². The molecule has 0 aliphatic carbocycles. The highest BCUT2D eigenvalue weighted by Crippen LogP contribution is 2.36. The molecule has 1 fully saturated rings. The standard InChI is InChI=1S/C20H20ClFN4O5S3/c1-2-31-19-9-17-14(20(24-11-23-17)25-12-3-4-16(22)15(21)7-12)8-18(19)26-33(27,28)10-13-5-6-32-34(13,29)30/h3-4,7-9,11,13,26H,2,5-6,10H2,1H3,(H,23,24,25). The second kappa shape index (κ2) is 9.72. The zero-order chi connectivity index (χ0) is 24.5. The number of nitrogens with one attached hydrogen (secondary N) is 2. The number of halogens is 2. The maximum absolute atomic E-state index is 13.5. The van der Waals surface area contributed by atoms with Crippen molar-refractivity contribution in [3.8, 4) is 5.75 Å². The van der Waals surface area contributed by atoms with Crippen LogP contribution in [0.25, 0.3) is 10.9 Å². The number of benzene rings is 2. The van der Waals surface area contributed by atoms with Gasteiger partial charge in [-0.1, -0.05) is 11.6 Å². The van der Waals surface area contributed by atoms with E-state index in [0.717, 1.165) is 10.8 Å². The Balaban J connectivity index is 1.71. The molecular weight excluding hydrogens is 527 g/mol. The molecule has 1 aromatic heterocycles. The third kappa shape index (κ3) is 5.48. The van der Waals surface area contributed by atoms with Crippen molar-refractivity contribution in [2.75, 3.05) is 28.2 Å². The van der Waals surface area contributed by atoms with E-state index in [1.165, 1.54) is 30.6 Å². The quantitative estimate of drug-likeness (QED) is 0.400. The van der Waals surface area contributed by atoms with Crippen LogP contribution in [0.3, 0.4) is 0 Å². The van der Waals surface area contributed by atoms with Gasteiger partial charge >= 0.3 is 0 Å². The fourth-order valence-corrected chi connectivity index (χ4v) is 9.74. The van der Waals surface area contributed by atoms with Gasteiger partial charge < -0.3 is 10.1 Å². The summed E-state index contributed by atoms with van der Waals surface area (Å²) in [4.78, 5) is 8.43. The lowest BCUT2D eigenvalue weighted by molar-refractivity contribution is 0.342. The second-order valence-electron chi connectivity index (χ2n) is 7.38. The summed E-state index contributed by atoms with van der Waals surface area (Å²) < 4.78 is 71.4. The van der Waals surface area contributed by atoms with E-state index in [1.54, 1.807) is 13.0 Å². The maximum atomic E-state index is 13.5. The average molecular weight is 547 g/mol. The van der Waals surface area contributed by atoms with E-state index >= 15 is 0 Å². The van der Waals surface area contributed by atoms with Gasteiger partial charge in [0.2, 0.25) is 18.9 Å². The minimum Gasteiger partial charge on any atom is -0.492 e. The molecule has 14 heteroatoms. The number of aromatic nitrogens is 2. The SMILES string of the molecule is CCOc1cc2ncnc(Nc3ccc(F)c(Cl)c3)c2cc1NS(=O)(=O)CC1CCSS1(=O)=O. The van der Waals surface area contributed by atoms with E-state index in [2.05, 4.69) is 20.0 Å². The molecule has 9 nitrogen and oxygen atoms in total. The Morgan fingerprint density at radius 1 is 1.26 bits per heavy atom. The molecule has 0 bridgehead atoms. The number of fused-ring (bicyclic) bond motifs is 1. The van der Waals surface area contributed by atoms with Crippen LogP contribution < -0.4 is 14.8 Å². The largest absolute Gasteiger partial charge is 0.492 e. The molecule has 1 unspecified atom stereocenters. The first-order valence-corrected chi connectivity index (χ1v) is 15.2. The van der Waals surface area contributed by atoms with Crippen molar-refractivity contribution in [1.29, 1.82) is 0 Å². The van der Waals surface area contributed by atoms with E-state index in [0.29, 0.717) is 28.2 Å². The van der Waals surface area contributed by atoms with Gasteiger partial charge in [0.25, 0.3) is 0 Å². The first-order valence-electron chi connectivity index (χ1n) is 10.1. The van der Waals surface area contributed by atoms with Gasteiger partial charge in [-0.15, -0.1) is 0 Å². The van der Waals surface area contributed by atoms with Crippen LogP contribution in [0.15, 0.2) is 36.7 Å². The number of nitrogens with zero attached hydrogens (tertiary/aromatic N) is 2. The smallest absolute Gasteiger partial charge is 0.234 e. The Morgan fingerprint density at radius 3 is 2.74 bits per heavy atom. The Morgan fingerprint density at radius 2 is 2.06 bits per heavy atom. The molecule has 1 atom stereocenters. The Kier molecular flexibility index (Phi) is 7.08. The van der Waals surface area contributed by atoms with Gasteiger partial charge in [0.15, 0.2) is 0 Å². The number of hydrogen-bond donors (Lipinski definition) is 2. The monoisotopic (exact) mass is 546 g/mol. The zero-order valence-corrected chi connectivity index (χ0v) is 21.0. The normalized spacial score (nSPS) is 17.6. The summed E-state index contributed by atoms with van der Waals surface area (Å²) in [6.45, 7) is 2.01. The van der Waals surface area contributed by atoms with Crippen molar-refractivity contribution in [2.24, 2.45) is 0 Å². The summed E-state index contributed by atoms with van der Waals surface area (Å²) in [6, 6.07) is 7.14. The third-order valence-corrected chi connectivity index (χ3v) is 11.1. The summed E-state index contributed by atoms with van der Waals surface area (Å²) in [5, 5.41) is 2.42. The topological polar surface area (TPSA) is 127 Å².